The molecule has 3 N–H and O–H groups in total. The number of urea groups is 1. The van der Waals surface area contributed by atoms with Gasteiger partial charge in [-0.2, -0.15) is 0 Å². The van der Waals surface area contributed by atoms with E-state index in [1.165, 1.54) is 36.2 Å². The van der Waals surface area contributed by atoms with Gasteiger partial charge in [0.2, 0.25) is 0 Å². The zero-order valence-electron chi connectivity index (χ0n) is 15.8. The summed E-state index contributed by atoms with van der Waals surface area (Å²) in [6.07, 6.45) is 0.494. The molecule has 0 saturated heterocycles. The largest absolute Gasteiger partial charge is 0.329 e. The number of carbonyl (C=O) groups is 2. The molecule has 0 radical (unpaired) electrons. The van der Waals surface area contributed by atoms with Crippen molar-refractivity contribution in [3.05, 3.63) is 95.6 Å². The Balaban J connectivity index is 1.43. The fourth-order valence-electron chi connectivity index (χ4n) is 2.62. The van der Waals surface area contributed by atoms with Crippen molar-refractivity contribution in [3.63, 3.8) is 0 Å². The summed E-state index contributed by atoms with van der Waals surface area (Å²) >= 11 is 1.17. The Morgan fingerprint density at radius 1 is 0.767 bits per heavy atom. The zero-order valence-corrected chi connectivity index (χ0v) is 16.6. The van der Waals surface area contributed by atoms with Gasteiger partial charge in [0, 0.05) is 17.1 Å². The molecule has 0 atom stereocenters. The molecule has 8 heteroatoms. The second-order valence-corrected chi connectivity index (χ2v) is 7.16. The van der Waals surface area contributed by atoms with E-state index in [0.29, 0.717) is 29.1 Å². The van der Waals surface area contributed by atoms with Gasteiger partial charge in [-0.25, -0.2) is 13.6 Å². The summed E-state index contributed by atoms with van der Waals surface area (Å²) in [5.41, 5.74) is 1.53. The molecule has 0 bridgehead atoms. The molecule has 3 amide bonds. The number of rotatable bonds is 7. The lowest BCUT2D eigenvalue weighted by Gasteiger charge is -2.09. The standard InChI is InChI=1S/C22H19F2N3O2S/c23-19-7-3-1-5-15(19)13-14-30-27-22(29)26-17-11-9-16(10-12-17)25-21(28)18-6-2-4-8-20(18)24/h1-12H,13-14H2,(H,25,28)(H2,26,27,29). The first kappa shape index (κ1) is 21.3. The second kappa shape index (κ2) is 10.4. The van der Waals surface area contributed by atoms with E-state index >= 15 is 0 Å². The van der Waals surface area contributed by atoms with E-state index < -0.39 is 17.8 Å². The maximum Gasteiger partial charge on any atom is 0.329 e. The Morgan fingerprint density at radius 3 is 2.03 bits per heavy atom. The predicted octanol–water partition coefficient (Wildman–Crippen LogP) is 5.23. The van der Waals surface area contributed by atoms with E-state index in [2.05, 4.69) is 15.4 Å². The Kier molecular flexibility index (Phi) is 7.40. The number of anilines is 2. The quantitative estimate of drug-likeness (QED) is 0.357. The van der Waals surface area contributed by atoms with Crippen LogP contribution >= 0.6 is 11.9 Å². The first-order valence-corrected chi connectivity index (χ1v) is 10.1. The molecule has 0 aromatic heterocycles. The van der Waals surface area contributed by atoms with Gasteiger partial charge in [0.15, 0.2) is 0 Å². The molecule has 3 aromatic rings. The summed E-state index contributed by atoms with van der Waals surface area (Å²) in [5, 5.41) is 5.26. The monoisotopic (exact) mass is 427 g/mol. The molecule has 0 fully saturated rings. The minimum atomic E-state index is -0.600. The van der Waals surface area contributed by atoms with Crippen molar-refractivity contribution in [3.8, 4) is 0 Å². The molecule has 0 aliphatic heterocycles. The molecular weight excluding hydrogens is 408 g/mol. The lowest BCUT2D eigenvalue weighted by molar-refractivity contribution is 0.102. The molecule has 0 spiro atoms. The third kappa shape index (κ3) is 6.05. The summed E-state index contributed by atoms with van der Waals surface area (Å²) in [6, 6.07) is 18.2. The van der Waals surface area contributed by atoms with Crippen molar-refractivity contribution in [2.24, 2.45) is 0 Å². The van der Waals surface area contributed by atoms with Crippen LogP contribution in [0.3, 0.4) is 0 Å². The fraction of sp³-hybridized carbons (Fsp3) is 0.0909. The summed E-state index contributed by atoms with van der Waals surface area (Å²) in [7, 11) is 0. The number of benzene rings is 3. The number of amides is 3. The van der Waals surface area contributed by atoms with Crippen LogP contribution in [0.5, 0.6) is 0 Å². The van der Waals surface area contributed by atoms with E-state index in [4.69, 9.17) is 0 Å². The number of carbonyl (C=O) groups excluding carboxylic acids is 2. The minimum absolute atomic E-state index is 0.0495. The van der Waals surface area contributed by atoms with Gasteiger partial charge in [-0.3, -0.25) is 9.52 Å². The van der Waals surface area contributed by atoms with Crippen LogP contribution in [0, 0.1) is 11.6 Å². The summed E-state index contributed by atoms with van der Waals surface area (Å²) in [5.74, 6) is -0.893. The third-order valence-electron chi connectivity index (χ3n) is 4.12. The third-order valence-corrected chi connectivity index (χ3v) is 4.85. The minimum Gasteiger partial charge on any atom is -0.322 e. The number of aryl methyl sites for hydroxylation is 1. The number of nitrogens with one attached hydrogen (secondary N) is 3. The Labute approximate surface area is 177 Å². The van der Waals surface area contributed by atoms with Crippen molar-refractivity contribution < 1.29 is 18.4 Å². The highest BCUT2D eigenvalue weighted by atomic mass is 32.2. The van der Waals surface area contributed by atoms with Gasteiger partial charge in [0.05, 0.1) is 5.56 Å². The number of hydrogen-bond acceptors (Lipinski definition) is 3. The van der Waals surface area contributed by atoms with E-state index in [0.717, 1.165) is 0 Å². The van der Waals surface area contributed by atoms with Gasteiger partial charge in [-0.05, 0) is 66.4 Å². The SMILES string of the molecule is O=C(NSCCc1ccccc1F)Nc1ccc(NC(=O)c2ccccc2F)cc1. The topological polar surface area (TPSA) is 70.2 Å². The fourth-order valence-corrected chi connectivity index (χ4v) is 3.22. The van der Waals surface area contributed by atoms with Crippen molar-refractivity contribution in [2.75, 3.05) is 16.4 Å². The van der Waals surface area contributed by atoms with Crippen LogP contribution in [0.25, 0.3) is 0 Å². The van der Waals surface area contributed by atoms with Gasteiger partial charge in [0.1, 0.15) is 11.6 Å². The summed E-state index contributed by atoms with van der Waals surface area (Å²) in [4.78, 5) is 24.1. The number of hydrogen-bond donors (Lipinski definition) is 3. The van der Waals surface area contributed by atoms with Crippen molar-refractivity contribution >= 4 is 35.3 Å². The van der Waals surface area contributed by atoms with Crippen LogP contribution in [-0.2, 0) is 6.42 Å². The molecule has 0 unspecified atom stereocenters. The van der Waals surface area contributed by atoms with E-state index in [1.807, 2.05) is 0 Å². The average molecular weight is 427 g/mol. The summed E-state index contributed by atoms with van der Waals surface area (Å²) in [6.45, 7) is 0. The van der Waals surface area contributed by atoms with Gasteiger partial charge in [-0.15, -0.1) is 0 Å². The normalized spacial score (nSPS) is 10.3. The zero-order chi connectivity index (χ0) is 21.3. The maximum atomic E-state index is 13.7. The highest BCUT2D eigenvalue weighted by Gasteiger charge is 2.11. The number of halogens is 2. The Bertz CT molecular complexity index is 1030. The van der Waals surface area contributed by atoms with Gasteiger partial charge in [-0.1, -0.05) is 30.3 Å². The average Bonchev–Trinajstić information content (AvgIpc) is 2.74. The maximum absolute atomic E-state index is 13.7. The van der Waals surface area contributed by atoms with Gasteiger partial charge >= 0.3 is 6.03 Å². The van der Waals surface area contributed by atoms with Crippen LogP contribution in [0.2, 0.25) is 0 Å². The van der Waals surface area contributed by atoms with Crippen LogP contribution in [0.4, 0.5) is 25.0 Å². The Hall–Kier alpha value is -3.39. The van der Waals surface area contributed by atoms with Crippen LogP contribution in [-0.4, -0.2) is 17.7 Å². The van der Waals surface area contributed by atoms with Crippen LogP contribution in [0.15, 0.2) is 72.8 Å². The highest BCUT2D eigenvalue weighted by molar-refractivity contribution is 7.97. The smallest absolute Gasteiger partial charge is 0.322 e. The molecule has 0 heterocycles. The Morgan fingerprint density at radius 2 is 1.37 bits per heavy atom. The van der Waals surface area contributed by atoms with Crippen molar-refractivity contribution in [2.45, 2.75) is 6.42 Å². The lowest BCUT2D eigenvalue weighted by atomic mass is 10.2. The van der Waals surface area contributed by atoms with Crippen LogP contribution in [0.1, 0.15) is 15.9 Å². The van der Waals surface area contributed by atoms with Crippen LogP contribution < -0.4 is 15.4 Å². The van der Waals surface area contributed by atoms with Crippen molar-refractivity contribution in [1.29, 1.82) is 0 Å². The molecule has 3 rings (SSSR count). The van der Waals surface area contributed by atoms with E-state index in [-0.39, 0.29) is 11.4 Å². The molecule has 30 heavy (non-hydrogen) atoms. The van der Waals surface area contributed by atoms with Gasteiger partial charge in [0.25, 0.3) is 5.91 Å². The molecular formula is C22H19F2N3O2S. The van der Waals surface area contributed by atoms with Gasteiger partial charge < -0.3 is 10.6 Å². The van der Waals surface area contributed by atoms with E-state index in [1.54, 1.807) is 48.5 Å². The second-order valence-electron chi connectivity index (χ2n) is 6.26. The molecule has 0 saturated carbocycles. The first-order valence-electron chi connectivity index (χ1n) is 9.11. The molecule has 0 aliphatic carbocycles. The van der Waals surface area contributed by atoms with E-state index in [9.17, 15) is 18.4 Å². The lowest BCUT2D eigenvalue weighted by Crippen LogP contribution is -2.23. The molecule has 0 aliphatic rings. The highest BCUT2D eigenvalue weighted by Crippen LogP contribution is 2.16. The summed E-state index contributed by atoms with van der Waals surface area (Å²) < 4.78 is 29.8. The predicted molar refractivity (Wildman–Crippen MR) is 116 cm³/mol. The molecule has 154 valence electrons. The first-order chi connectivity index (χ1) is 14.5. The molecule has 5 nitrogen and oxygen atoms in total. The molecule has 3 aromatic carbocycles. The van der Waals surface area contributed by atoms with Crippen molar-refractivity contribution in [1.82, 2.24) is 4.72 Å².